The summed E-state index contributed by atoms with van der Waals surface area (Å²) >= 11 is 3.48. The van der Waals surface area contributed by atoms with Gasteiger partial charge < -0.3 is 14.2 Å². The molecule has 0 unspecified atom stereocenters. The Morgan fingerprint density at radius 2 is 2.10 bits per heavy atom. The average molecular weight is 489 g/mol. The third kappa shape index (κ3) is 4.93. The minimum atomic E-state index is -0.640. The van der Waals surface area contributed by atoms with Gasteiger partial charge in [0.15, 0.2) is 17.2 Å². The van der Waals surface area contributed by atoms with Gasteiger partial charge in [0.2, 0.25) is 5.90 Å². The number of nitro benzene ring substituents is 1. The molecule has 2 aromatic rings. The summed E-state index contributed by atoms with van der Waals surface area (Å²) in [6, 6.07) is 8.06. The van der Waals surface area contributed by atoms with Crippen LogP contribution in [0.15, 0.2) is 45.5 Å². The van der Waals surface area contributed by atoms with Crippen LogP contribution in [0.2, 0.25) is 0 Å². The molecular weight excluding hydrogens is 468 g/mol. The van der Waals surface area contributed by atoms with Gasteiger partial charge in [0.1, 0.15) is 0 Å². The quantitative estimate of drug-likeness (QED) is 0.166. The molecule has 9 heteroatoms. The third-order valence-electron chi connectivity index (χ3n) is 4.65. The molecule has 8 nitrogen and oxygen atoms in total. The zero-order valence-electron chi connectivity index (χ0n) is 17.3. The molecule has 3 rings (SSSR count). The van der Waals surface area contributed by atoms with Crippen LogP contribution in [0.1, 0.15) is 36.5 Å². The molecule has 0 saturated heterocycles. The fourth-order valence-electron chi connectivity index (χ4n) is 3.02. The van der Waals surface area contributed by atoms with Gasteiger partial charge in [-0.25, -0.2) is 9.79 Å². The van der Waals surface area contributed by atoms with Gasteiger partial charge in [0, 0.05) is 17.2 Å². The van der Waals surface area contributed by atoms with Gasteiger partial charge in [0.25, 0.3) is 5.69 Å². The monoisotopic (exact) mass is 488 g/mol. The molecule has 0 spiro atoms. The predicted octanol–water partition coefficient (Wildman–Crippen LogP) is 5.20. The van der Waals surface area contributed by atoms with Crippen molar-refractivity contribution in [2.24, 2.45) is 4.99 Å². The van der Waals surface area contributed by atoms with Crippen LogP contribution in [0.5, 0.6) is 11.5 Å². The lowest BCUT2D eigenvalue weighted by atomic mass is 10.1. The SMILES string of the molecule is CCCCOc1c(Br)cc(/C=C2\N=C(c3cccc([N+](=O)[O-])c3C)OC2=O)cc1OC. The molecule has 0 fully saturated rings. The van der Waals surface area contributed by atoms with Gasteiger partial charge in [0.05, 0.1) is 23.1 Å². The van der Waals surface area contributed by atoms with Crippen molar-refractivity contribution in [3.8, 4) is 11.5 Å². The maximum absolute atomic E-state index is 12.4. The van der Waals surface area contributed by atoms with Crippen molar-refractivity contribution in [3.63, 3.8) is 0 Å². The van der Waals surface area contributed by atoms with E-state index in [1.165, 1.54) is 19.2 Å². The second kappa shape index (κ2) is 9.74. The van der Waals surface area contributed by atoms with Crippen LogP contribution >= 0.6 is 15.9 Å². The van der Waals surface area contributed by atoms with Crippen LogP contribution in [0.4, 0.5) is 5.69 Å². The molecular formula is C22H21BrN2O6. The zero-order valence-corrected chi connectivity index (χ0v) is 18.9. The molecule has 31 heavy (non-hydrogen) atoms. The van der Waals surface area contributed by atoms with Crippen molar-refractivity contribution in [1.29, 1.82) is 0 Å². The maximum atomic E-state index is 12.4. The van der Waals surface area contributed by atoms with Gasteiger partial charge >= 0.3 is 5.97 Å². The highest BCUT2D eigenvalue weighted by Crippen LogP contribution is 2.38. The molecule has 2 aromatic carbocycles. The van der Waals surface area contributed by atoms with E-state index in [1.54, 1.807) is 31.2 Å². The van der Waals surface area contributed by atoms with Crippen molar-refractivity contribution in [1.82, 2.24) is 0 Å². The van der Waals surface area contributed by atoms with E-state index in [4.69, 9.17) is 14.2 Å². The van der Waals surface area contributed by atoms with Crippen molar-refractivity contribution >= 4 is 39.6 Å². The number of ether oxygens (including phenoxy) is 3. The Kier molecular flexibility index (Phi) is 7.06. The topological polar surface area (TPSA) is 100 Å². The highest BCUT2D eigenvalue weighted by molar-refractivity contribution is 9.10. The van der Waals surface area contributed by atoms with Crippen LogP contribution < -0.4 is 9.47 Å². The normalized spacial score (nSPS) is 14.4. The van der Waals surface area contributed by atoms with Crippen LogP contribution in [-0.2, 0) is 9.53 Å². The van der Waals surface area contributed by atoms with Gasteiger partial charge in [-0.05, 0) is 59.1 Å². The predicted molar refractivity (Wildman–Crippen MR) is 120 cm³/mol. The molecule has 0 aliphatic carbocycles. The summed E-state index contributed by atoms with van der Waals surface area (Å²) in [6.45, 7) is 4.23. The molecule has 162 valence electrons. The lowest BCUT2D eigenvalue weighted by molar-refractivity contribution is -0.385. The number of methoxy groups -OCH3 is 1. The number of aliphatic imine (C=N–C) groups is 1. The number of carbonyl (C=O) groups is 1. The smallest absolute Gasteiger partial charge is 0.363 e. The minimum Gasteiger partial charge on any atom is -0.493 e. The van der Waals surface area contributed by atoms with E-state index in [-0.39, 0.29) is 17.3 Å². The van der Waals surface area contributed by atoms with Crippen LogP contribution in [0.25, 0.3) is 6.08 Å². The first-order valence-corrected chi connectivity index (χ1v) is 10.4. The molecule has 0 atom stereocenters. The molecule has 0 N–H and O–H groups in total. The number of carbonyl (C=O) groups excluding carboxylic acids is 1. The number of unbranched alkanes of at least 4 members (excludes halogenated alkanes) is 1. The number of hydrogen-bond acceptors (Lipinski definition) is 7. The second-order valence-electron chi connectivity index (χ2n) is 6.78. The molecule has 1 aliphatic rings. The summed E-state index contributed by atoms with van der Waals surface area (Å²) < 4.78 is 17.2. The number of cyclic esters (lactones) is 1. The third-order valence-corrected chi connectivity index (χ3v) is 5.24. The summed E-state index contributed by atoms with van der Waals surface area (Å²) in [4.78, 5) is 27.3. The average Bonchev–Trinajstić information content (AvgIpc) is 3.09. The number of halogens is 1. The highest BCUT2D eigenvalue weighted by atomic mass is 79.9. The Morgan fingerprint density at radius 3 is 2.77 bits per heavy atom. The molecule has 0 radical (unpaired) electrons. The van der Waals surface area contributed by atoms with E-state index in [1.807, 2.05) is 0 Å². The first-order chi connectivity index (χ1) is 14.8. The van der Waals surface area contributed by atoms with Gasteiger partial charge in [-0.3, -0.25) is 10.1 Å². The fraction of sp³-hybridized carbons (Fsp3) is 0.273. The number of hydrogen-bond donors (Lipinski definition) is 0. The van der Waals surface area contributed by atoms with E-state index in [0.717, 1.165) is 12.8 Å². The Hall–Kier alpha value is -3.20. The van der Waals surface area contributed by atoms with Gasteiger partial charge in [-0.2, -0.15) is 0 Å². The summed E-state index contributed by atoms with van der Waals surface area (Å²) in [5.74, 6) is 0.494. The Labute approximate surface area is 187 Å². The number of benzene rings is 2. The molecule has 0 saturated carbocycles. The van der Waals surface area contributed by atoms with E-state index in [0.29, 0.717) is 39.3 Å². The summed E-state index contributed by atoms with van der Waals surface area (Å²) in [5, 5.41) is 11.2. The van der Waals surface area contributed by atoms with E-state index < -0.39 is 10.9 Å². The van der Waals surface area contributed by atoms with Crippen LogP contribution in [-0.4, -0.2) is 30.5 Å². The number of nitrogens with zero attached hydrogens (tertiary/aromatic N) is 2. The first kappa shape index (κ1) is 22.5. The standard InChI is InChI=1S/C22H21BrN2O6/c1-4-5-9-30-20-16(23)10-14(12-19(20)29-3)11-17-22(26)31-21(24-17)15-7-6-8-18(13(15)2)25(27)28/h6-8,10-12H,4-5,9H2,1-3H3/b17-11-. The highest BCUT2D eigenvalue weighted by Gasteiger charge is 2.27. The van der Waals surface area contributed by atoms with Crippen molar-refractivity contribution in [2.45, 2.75) is 26.7 Å². The summed E-state index contributed by atoms with van der Waals surface area (Å²) in [5.41, 5.74) is 1.43. The molecule has 1 heterocycles. The lowest BCUT2D eigenvalue weighted by Gasteiger charge is -2.13. The molecule has 0 aromatic heterocycles. The number of esters is 1. The molecule has 1 aliphatic heterocycles. The lowest BCUT2D eigenvalue weighted by Crippen LogP contribution is -2.08. The Morgan fingerprint density at radius 1 is 1.32 bits per heavy atom. The minimum absolute atomic E-state index is 0.0306. The largest absolute Gasteiger partial charge is 0.493 e. The van der Waals surface area contributed by atoms with E-state index >= 15 is 0 Å². The van der Waals surface area contributed by atoms with Crippen molar-refractivity contribution in [3.05, 3.63) is 67.3 Å². The van der Waals surface area contributed by atoms with Crippen LogP contribution in [0, 0.1) is 17.0 Å². The van der Waals surface area contributed by atoms with Crippen LogP contribution in [0.3, 0.4) is 0 Å². The zero-order chi connectivity index (χ0) is 22.5. The van der Waals surface area contributed by atoms with E-state index in [2.05, 4.69) is 27.8 Å². The summed E-state index contributed by atoms with van der Waals surface area (Å²) in [7, 11) is 1.54. The summed E-state index contributed by atoms with van der Waals surface area (Å²) in [6.07, 6.45) is 3.49. The maximum Gasteiger partial charge on any atom is 0.363 e. The van der Waals surface area contributed by atoms with Crippen molar-refractivity contribution < 1.29 is 23.9 Å². The number of nitro groups is 1. The van der Waals surface area contributed by atoms with Gasteiger partial charge in [-0.15, -0.1) is 0 Å². The van der Waals surface area contributed by atoms with Crippen molar-refractivity contribution in [2.75, 3.05) is 13.7 Å². The second-order valence-corrected chi connectivity index (χ2v) is 7.63. The Balaban J connectivity index is 1.95. The fourth-order valence-corrected chi connectivity index (χ4v) is 3.59. The first-order valence-electron chi connectivity index (χ1n) is 9.63. The number of rotatable bonds is 8. The van der Waals surface area contributed by atoms with E-state index in [9.17, 15) is 14.9 Å². The molecule has 0 amide bonds. The molecule has 0 bridgehead atoms. The van der Waals surface area contributed by atoms with Gasteiger partial charge in [-0.1, -0.05) is 19.4 Å². The Bertz CT molecular complexity index is 1090.